The summed E-state index contributed by atoms with van der Waals surface area (Å²) in [6, 6.07) is 7.49. The first kappa shape index (κ1) is 17.0. The molecule has 4 rings (SSSR count). The highest BCUT2D eigenvalue weighted by atomic mass is 79.9. The van der Waals surface area contributed by atoms with Gasteiger partial charge in [-0.3, -0.25) is 4.79 Å². The monoisotopic (exact) mass is 418 g/mol. The third-order valence-electron chi connectivity index (χ3n) is 4.48. The Balaban J connectivity index is 1.49. The molecule has 1 fully saturated rings. The molecule has 3 heterocycles. The summed E-state index contributed by atoms with van der Waals surface area (Å²) in [5, 5.41) is 4.03. The van der Waals surface area contributed by atoms with Crippen molar-refractivity contribution in [3.63, 3.8) is 0 Å². The Morgan fingerprint density at radius 1 is 1.35 bits per heavy atom. The molecule has 1 atom stereocenters. The molecule has 6 nitrogen and oxygen atoms in total. The van der Waals surface area contributed by atoms with Crippen molar-refractivity contribution in [1.82, 2.24) is 20.0 Å². The Labute approximate surface area is 157 Å². The van der Waals surface area contributed by atoms with Crippen molar-refractivity contribution in [1.29, 1.82) is 0 Å². The number of benzene rings is 1. The van der Waals surface area contributed by atoms with Gasteiger partial charge < -0.3 is 14.4 Å². The number of aromatic amines is 1. The average molecular weight is 419 g/mol. The van der Waals surface area contributed by atoms with Gasteiger partial charge in [-0.15, -0.1) is 0 Å². The standard InChI is InChI=1S/C18H16BrFN4O2/c19-13-8-15(21-9-13)16-22-17(26-23-16)12-2-1-7-24(10-12)18(25)11-3-5-14(20)6-4-11/h3-6,8-9,12,21H,1-2,7,10H2. The number of amides is 1. The van der Waals surface area contributed by atoms with Gasteiger partial charge in [-0.2, -0.15) is 4.98 Å². The summed E-state index contributed by atoms with van der Waals surface area (Å²) in [5.74, 6) is 0.554. The van der Waals surface area contributed by atoms with E-state index in [0.717, 1.165) is 23.0 Å². The first-order valence-electron chi connectivity index (χ1n) is 8.33. The second-order valence-corrected chi connectivity index (χ2v) is 7.20. The Morgan fingerprint density at radius 2 is 2.15 bits per heavy atom. The van der Waals surface area contributed by atoms with Gasteiger partial charge in [0.2, 0.25) is 11.7 Å². The van der Waals surface area contributed by atoms with Crippen LogP contribution in [0.1, 0.15) is 35.0 Å². The zero-order chi connectivity index (χ0) is 18.1. The van der Waals surface area contributed by atoms with E-state index in [-0.39, 0.29) is 17.6 Å². The van der Waals surface area contributed by atoms with Crippen molar-refractivity contribution < 1.29 is 13.7 Å². The number of carbonyl (C=O) groups is 1. The van der Waals surface area contributed by atoms with Gasteiger partial charge in [0.1, 0.15) is 5.82 Å². The summed E-state index contributed by atoms with van der Waals surface area (Å²) in [7, 11) is 0. The van der Waals surface area contributed by atoms with Crippen LogP contribution >= 0.6 is 15.9 Å². The number of likely N-dealkylation sites (tertiary alicyclic amines) is 1. The molecule has 0 radical (unpaired) electrons. The second-order valence-electron chi connectivity index (χ2n) is 6.29. The van der Waals surface area contributed by atoms with Crippen LogP contribution in [0.2, 0.25) is 0 Å². The predicted octanol–water partition coefficient (Wildman–Crippen LogP) is 3.99. The molecule has 1 saturated heterocycles. The van der Waals surface area contributed by atoms with Crippen LogP contribution in [0.15, 0.2) is 45.5 Å². The highest BCUT2D eigenvalue weighted by Gasteiger charge is 2.29. The van der Waals surface area contributed by atoms with E-state index in [1.54, 1.807) is 11.1 Å². The molecule has 0 bridgehead atoms. The van der Waals surface area contributed by atoms with Gasteiger partial charge in [0, 0.05) is 29.3 Å². The molecule has 2 aromatic heterocycles. The van der Waals surface area contributed by atoms with Crippen LogP contribution in [0.3, 0.4) is 0 Å². The third-order valence-corrected chi connectivity index (χ3v) is 4.94. The van der Waals surface area contributed by atoms with E-state index >= 15 is 0 Å². The summed E-state index contributed by atoms with van der Waals surface area (Å²) in [6.45, 7) is 1.17. The number of piperidine rings is 1. The maximum atomic E-state index is 13.1. The lowest BCUT2D eigenvalue weighted by molar-refractivity contribution is 0.0695. The van der Waals surface area contributed by atoms with Crippen LogP contribution in [0.4, 0.5) is 4.39 Å². The normalized spacial score (nSPS) is 17.5. The molecule has 1 aromatic carbocycles. The van der Waals surface area contributed by atoms with Crippen LogP contribution in [0, 0.1) is 5.82 Å². The first-order chi connectivity index (χ1) is 12.6. The van der Waals surface area contributed by atoms with Gasteiger partial charge in [-0.1, -0.05) is 5.16 Å². The molecule has 26 heavy (non-hydrogen) atoms. The van der Waals surface area contributed by atoms with E-state index in [9.17, 15) is 9.18 Å². The number of hydrogen-bond acceptors (Lipinski definition) is 4. The van der Waals surface area contributed by atoms with E-state index in [4.69, 9.17) is 4.52 Å². The fourth-order valence-corrected chi connectivity index (χ4v) is 3.49. The molecule has 1 unspecified atom stereocenters. The minimum atomic E-state index is -0.354. The molecule has 3 aromatic rings. The van der Waals surface area contributed by atoms with E-state index in [2.05, 4.69) is 31.1 Å². The lowest BCUT2D eigenvalue weighted by Crippen LogP contribution is -2.39. The quantitative estimate of drug-likeness (QED) is 0.697. The lowest BCUT2D eigenvalue weighted by Gasteiger charge is -2.31. The van der Waals surface area contributed by atoms with Gasteiger partial charge in [-0.05, 0) is 59.1 Å². The topological polar surface area (TPSA) is 75.0 Å². The van der Waals surface area contributed by atoms with E-state index in [1.807, 2.05) is 6.07 Å². The van der Waals surface area contributed by atoms with Crippen LogP contribution in [-0.4, -0.2) is 39.0 Å². The largest absolute Gasteiger partial charge is 0.357 e. The number of hydrogen-bond donors (Lipinski definition) is 1. The van der Waals surface area contributed by atoms with Crippen molar-refractivity contribution in [2.45, 2.75) is 18.8 Å². The zero-order valence-corrected chi connectivity index (χ0v) is 15.4. The zero-order valence-electron chi connectivity index (χ0n) is 13.8. The van der Waals surface area contributed by atoms with Crippen molar-refractivity contribution in [3.05, 3.63) is 58.3 Å². The summed E-state index contributed by atoms with van der Waals surface area (Å²) >= 11 is 3.38. The summed E-state index contributed by atoms with van der Waals surface area (Å²) in [4.78, 5) is 21.9. The highest BCUT2D eigenvalue weighted by Crippen LogP contribution is 2.28. The number of nitrogens with one attached hydrogen (secondary N) is 1. The number of rotatable bonds is 3. The molecular weight excluding hydrogens is 403 g/mol. The number of halogens is 2. The third kappa shape index (κ3) is 3.41. The fourth-order valence-electron chi connectivity index (χ4n) is 3.15. The summed E-state index contributed by atoms with van der Waals surface area (Å²) in [5.41, 5.74) is 1.25. The second kappa shape index (κ2) is 7.03. The number of carbonyl (C=O) groups excluding carboxylic acids is 1. The van der Waals surface area contributed by atoms with Crippen molar-refractivity contribution in [2.24, 2.45) is 0 Å². The molecular formula is C18H16BrFN4O2. The van der Waals surface area contributed by atoms with Crippen LogP contribution < -0.4 is 0 Å². The Kier molecular flexibility index (Phi) is 4.58. The number of aromatic nitrogens is 3. The van der Waals surface area contributed by atoms with Crippen molar-refractivity contribution in [2.75, 3.05) is 13.1 Å². The van der Waals surface area contributed by atoms with E-state index in [0.29, 0.717) is 30.4 Å². The summed E-state index contributed by atoms with van der Waals surface area (Å²) in [6.07, 6.45) is 3.53. The van der Waals surface area contributed by atoms with E-state index in [1.165, 1.54) is 24.3 Å². The van der Waals surface area contributed by atoms with Crippen molar-refractivity contribution >= 4 is 21.8 Å². The van der Waals surface area contributed by atoms with Crippen LogP contribution in [0.25, 0.3) is 11.5 Å². The molecule has 8 heteroatoms. The Morgan fingerprint density at radius 3 is 2.88 bits per heavy atom. The predicted molar refractivity (Wildman–Crippen MR) is 96.1 cm³/mol. The van der Waals surface area contributed by atoms with Gasteiger partial charge in [0.15, 0.2) is 0 Å². The molecule has 0 spiro atoms. The maximum Gasteiger partial charge on any atom is 0.253 e. The molecule has 0 aliphatic carbocycles. The maximum absolute atomic E-state index is 13.1. The fraction of sp³-hybridized carbons (Fsp3) is 0.278. The molecule has 1 aliphatic heterocycles. The smallest absolute Gasteiger partial charge is 0.253 e. The molecule has 1 N–H and O–H groups in total. The number of nitrogens with zero attached hydrogens (tertiary/aromatic N) is 3. The van der Waals surface area contributed by atoms with E-state index < -0.39 is 0 Å². The molecule has 0 saturated carbocycles. The van der Waals surface area contributed by atoms with Gasteiger partial charge in [0.25, 0.3) is 5.91 Å². The first-order valence-corrected chi connectivity index (χ1v) is 9.12. The minimum Gasteiger partial charge on any atom is -0.357 e. The number of H-pyrrole nitrogens is 1. The average Bonchev–Trinajstić information content (AvgIpc) is 3.31. The minimum absolute atomic E-state index is 0.00667. The Bertz CT molecular complexity index is 921. The summed E-state index contributed by atoms with van der Waals surface area (Å²) < 4.78 is 19.4. The van der Waals surface area contributed by atoms with Gasteiger partial charge >= 0.3 is 0 Å². The van der Waals surface area contributed by atoms with Crippen LogP contribution in [0.5, 0.6) is 0 Å². The Hall–Kier alpha value is -2.48. The lowest BCUT2D eigenvalue weighted by atomic mass is 9.97. The van der Waals surface area contributed by atoms with Gasteiger partial charge in [-0.25, -0.2) is 4.39 Å². The SMILES string of the molecule is O=C(c1ccc(F)cc1)N1CCCC(c2nc(-c3cc(Br)c[nH]3)no2)C1. The van der Waals surface area contributed by atoms with Crippen LogP contribution in [-0.2, 0) is 0 Å². The molecule has 1 amide bonds. The molecule has 1 aliphatic rings. The highest BCUT2D eigenvalue weighted by molar-refractivity contribution is 9.10. The van der Waals surface area contributed by atoms with Gasteiger partial charge in [0.05, 0.1) is 11.6 Å². The molecule has 134 valence electrons. The van der Waals surface area contributed by atoms with Crippen molar-refractivity contribution in [3.8, 4) is 11.5 Å².